The zero-order valence-corrected chi connectivity index (χ0v) is 15.9. The predicted octanol–water partition coefficient (Wildman–Crippen LogP) is 5.07. The molecule has 4 heteroatoms. The maximum absolute atomic E-state index is 10.2. The van der Waals surface area contributed by atoms with Crippen LogP contribution in [0.5, 0.6) is 0 Å². The Bertz CT molecular complexity index is 473. The molecular formula is C19H30O3Si. The van der Waals surface area contributed by atoms with E-state index in [2.05, 4.69) is 31.0 Å². The average Bonchev–Trinajstić information content (AvgIpc) is 2.55. The second-order valence-electron chi connectivity index (χ2n) is 5.95. The first-order valence-electron chi connectivity index (χ1n) is 7.87. The summed E-state index contributed by atoms with van der Waals surface area (Å²) in [5.74, 6) is -0.347. The third-order valence-corrected chi connectivity index (χ3v) is 5.78. The van der Waals surface area contributed by atoms with Gasteiger partial charge in [0.05, 0.1) is 7.11 Å². The van der Waals surface area contributed by atoms with Crippen LogP contribution < -0.4 is 0 Å². The normalized spacial score (nSPS) is 15.0. The van der Waals surface area contributed by atoms with E-state index in [4.69, 9.17) is 4.43 Å². The maximum Gasteiger partial charge on any atom is 0.332 e. The number of hydrogen-bond donors (Lipinski definition) is 0. The molecule has 128 valence electrons. The van der Waals surface area contributed by atoms with Gasteiger partial charge in [0.25, 0.3) is 0 Å². The summed E-state index contributed by atoms with van der Waals surface area (Å²) >= 11 is 0. The molecule has 1 saturated heterocycles. The molecular weight excluding hydrogens is 304 g/mol. The molecule has 1 heterocycles. The largest absolute Gasteiger partial charge is 0.466 e. The van der Waals surface area contributed by atoms with Gasteiger partial charge in [-0.2, -0.15) is 0 Å². The molecule has 0 radical (unpaired) electrons. The first-order valence-corrected chi connectivity index (χ1v) is 11.0. The third-order valence-electron chi connectivity index (χ3n) is 3.24. The number of carbonyl (C=O) groups is 1. The quantitative estimate of drug-likeness (QED) is 0.430. The molecule has 1 aliphatic rings. The Morgan fingerprint density at radius 1 is 1.26 bits per heavy atom. The van der Waals surface area contributed by atoms with Gasteiger partial charge in [-0.3, -0.25) is 0 Å². The molecule has 0 amide bonds. The van der Waals surface area contributed by atoms with E-state index in [-0.39, 0.29) is 5.97 Å². The van der Waals surface area contributed by atoms with Crippen molar-refractivity contribution in [1.29, 1.82) is 0 Å². The SMILES string of the molecule is C=C(C)C(=O)OC.C=Cc1ccccc1.C[Si]1(C)CCCCO1. The Labute approximate surface area is 142 Å². The maximum atomic E-state index is 10.2. The summed E-state index contributed by atoms with van der Waals surface area (Å²) < 4.78 is 9.88. The van der Waals surface area contributed by atoms with Gasteiger partial charge in [0.1, 0.15) is 0 Å². The number of carbonyl (C=O) groups excluding carboxylic acids is 1. The van der Waals surface area contributed by atoms with Gasteiger partial charge in [0, 0.05) is 12.2 Å². The molecule has 1 aliphatic heterocycles. The number of esters is 1. The summed E-state index contributed by atoms with van der Waals surface area (Å²) in [6.45, 7) is 14.2. The predicted molar refractivity (Wildman–Crippen MR) is 101 cm³/mol. The Hall–Kier alpha value is -1.65. The van der Waals surface area contributed by atoms with E-state index < -0.39 is 8.32 Å². The molecule has 3 nitrogen and oxygen atoms in total. The van der Waals surface area contributed by atoms with Crippen LogP contribution in [0, 0.1) is 0 Å². The highest BCUT2D eigenvalue weighted by Crippen LogP contribution is 2.20. The van der Waals surface area contributed by atoms with Crippen LogP contribution in [0.2, 0.25) is 19.1 Å². The second kappa shape index (κ2) is 11.9. The van der Waals surface area contributed by atoms with Crippen molar-refractivity contribution in [2.24, 2.45) is 0 Å². The molecule has 0 aliphatic carbocycles. The molecule has 0 bridgehead atoms. The molecule has 2 rings (SSSR count). The van der Waals surface area contributed by atoms with Gasteiger partial charge in [-0.05, 0) is 38.0 Å². The summed E-state index contributed by atoms with van der Waals surface area (Å²) in [7, 11) is 0.240. The van der Waals surface area contributed by atoms with E-state index in [9.17, 15) is 4.79 Å². The second-order valence-corrected chi connectivity index (χ2v) is 10.3. The van der Waals surface area contributed by atoms with Crippen LogP contribution in [0.1, 0.15) is 25.3 Å². The highest BCUT2D eigenvalue weighted by Gasteiger charge is 2.24. The molecule has 1 aromatic carbocycles. The van der Waals surface area contributed by atoms with Gasteiger partial charge >= 0.3 is 5.97 Å². The summed E-state index contributed by atoms with van der Waals surface area (Å²) in [4.78, 5) is 10.2. The molecule has 1 aromatic rings. The van der Waals surface area contributed by atoms with Crippen molar-refractivity contribution >= 4 is 20.4 Å². The fourth-order valence-electron chi connectivity index (χ4n) is 1.84. The smallest absolute Gasteiger partial charge is 0.332 e. The van der Waals surface area contributed by atoms with Crippen LogP contribution in [-0.4, -0.2) is 28.0 Å². The lowest BCUT2D eigenvalue weighted by atomic mass is 10.2. The van der Waals surface area contributed by atoms with Crippen LogP contribution in [0.3, 0.4) is 0 Å². The van der Waals surface area contributed by atoms with Gasteiger partial charge in [0.2, 0.25) is 0 Å². The first kappa shape index (κ1) is 21.3. The first-order chi connectivity index (χ1) is 10.8. The topological polar surface area (TPSA) is 35.5 Å². The molecule has 0 atom stereocenters. The third kappa shape index (κ3) is 11.6. The molecule has 23 heavy (non-hydrogen) atoms. The molecule has 0 unspecified atom stereocenters. The minimum atomic E-state index is -1.09. The molecule has 0 spiro atoms. The van der Waals surface area contributed by atoms with Crippen LogP contribution >= 0.6 is 0 Å². The van der Waals surface area contributed by atoms with E-state index in [1.165, 1.54) is 31.6 Å². The fraction of sp³-hybridized carbons (Fsp3) is 0.421. The van der Waals surface area contributed by atoms with E-state index in [0.717, 1.165) is 6.61 Å². The van der Waals surface area contributed by atoms with Gasteiger partial charge in [-0.15, -0.1) is 0 Å². The zero-order chi connectivity index (χ0) is 17.7. The summed E-state index contributed by atoms with van der Waals surface area (Å²) in [5.41, 5.74) is 1.61. The van der Waals surface area contributed by atoms with Crippen molar-refractivity contribution in [3.63, 3.8) is 0 Å². The van der Waals surface area contributed by atoms with E-state index in [1.807, 2.05) is 36.4 Å². The van der Waals surface area contributed by atoms with Gasteiger partial charge in [-0.1, -0.05) is 56.0 Å². The van der Waals surface area contributed by atoms with Gasteiger partial charge < -0.3 is 9.16 Å². The molecule has 0 saturated carbocycles. The Morgan fingerprint density at radius 3 is 2.09 bits per heavy atom. The molecule has 0 N–H and O–H groups in total. The van der Waals surface area contributed by atoms with E-state index in [1.54, 1.807) is 6.92 Å². The van der Waals surface area contributed by atoms with Crippen LogP contribution in [-0.2, 0) is 14.0 Å². The highest BCUT2D eigenvalue weighted by molar-refractivity contribution is 6.71. The van der Waals surface area contributed by atoms with Crippen LogP contribution in [0.4, 0.5) is 0 Å². The minimum Gasteiger partial charge on any atom is -0.466 e. The summed E-state index contributed by atoms with van der Waals surface area (Å²) in [6, 6.07) is 11.4. The van der Waals surface area contributed by atoms with Crippen molar-refractivity contribution in [2.75, 3.05) is 13.7 Å². The number of rotatable bonds is 2. The standard InChI is InChI=1S/C8H8.C6H14OSi.C5H8O2/c1-2-8-6-4-3-5-7-8;1-8(2)6-4-3-5-7-8;1-4(2)5(6)7-3/h2-7H,1H2;3-6H2,1-2H3;1H2,2-3H3. The Kier molecular flexibility index (Phi) is 11.0. The summed E-state index contributed by atoms with van der Waals surface area (Å²) in [5, 5.41) is 0. The average molecular weight is 335 g/mol. The van der Waals surface area contributed by atoms with Crippen LogP contribution in [0.15, 0.2) is 49.1 Å². The zero-order valence-electron chi connectivity index (χ0n) is 14.9. The summed E-state index contributed by atoms with van der Waals surface area (Å²) in [6.07, 6.45) is 4.52. The minimum absolute atomic E-state index is 0.347. The number of methoxy groups -OCH3 is 1. The van der Waals surface area contributed by atoms with Crippen molar-refractivity contribution in [1.82, 2.24) is 0 Å². The fourth-order valence-corrected chi connectivity index (χ4v) is 3.78. The van der Waals surface area contributed by atoms with Crippen LogP contribution in [0.25, 0.3) is 6.08 Å². The van der Waals surface area contributed by atoms with Gasteiger partial charge in [-0.25, -0.2) is 4.79 Å². The highest BCUT2D eigenvalue weighted by atomic mass is 28.4. The Morgan fingerprint density at radius 2 is 1.87 bits per heavy atom. The number of ether oxygens (including phenoxy) is 1. The lowest BCUT2D eigenvalue weighted by Gasteiger charge is -2.27. The van der Waals surface area contributed by atoms with Crippen molar-refractivity contribution < 1.29 is 14.0 Å². The lowest BCUT2D eigenvalue weighted by molar-refractivity contribution is -0.136. The Balaban J connectivity index is 0.000000317. The van der Waals surface area contributed by atoms with E-state index in [0.29, 0.717) is 5.57 Å². The van der Waals surface area contributed by atoms with E-state index >= 15 is 0 Å². The molecule has 0 aromatic heterocycles. The lowest BCUT2D eigenvalue weighted by Crippen LogP contribution is -2.33. The van der Waals surface area contributed by atoms with Crippen molar-refractivity contribution in [3.05, 3.63) is 54.6 Å². The van der Waals surface area contributed by atoms with Crippen molar-refractivity contribution in [3.8, 4) is 0 Å². The number of benzene rings is 1. The van der Waals surface area contributed by atoms with Crippen molar-refractivity contribution in [2.45, 2.75) is 38.9 Å². The van der Waals surface area contributed by atoms with Gasteiger partial charge in [0.15, 0.2) is 8.32 Å². The number of hydrogen-bond acceptors (Lipinski definition) is 3. The molecule has 1 fully saturated rings. The monoisotopic (exact) mass is 334 g/mol.